The van der Waals surface area contributed by atoms with Crippen molar-refractivity contribution >= 4 is 33.5 Å². The summed E-state index contributed by atoms with van der Waals surface area (Å²) < 4.78 is 54.4. The van der Waals surface area contributed by atoms with Crippen molar-refractivity contribution in [3.63, 3.8) is 0 Å². The second-order valence-electron chi connectivity index (χ2n) is 7.75. The molecule has 11 heteroatoms. The van der Waals surface area contributed by atoms with E-state index in [0.717, 1.165) is 12.3 Å². The molecule has 4 heterocycles. The summed E-state index contributed by atoms with van der Waals surface area (Å²) in [6.45, 7) is 0.464. The summed E-state index contributed by atoms with van der Waals surface area (Å²) >= 11 is 0. The minimum absolute atomic E-state index is 0.120. The summed E-state index contributed by atoms with van der Waals surface area (Å²) in [5.41, 5.74) is 6.39. The van der Waals surface area contributed by atoms with Gasteiger partial charge in [0.25, 0.3) is 5.91 Å². The average Bonchev–Trinajstić information content (AvgIpc) is 3.09. The van der Waals surface area contributed by atoms with Crippen molar-refractivity contribution in [2.45, 2.75) is 12.1 Å². The van der Waals surface area contributed by atoms with Crippen molar-refractivity contribution in [2.75, 3.05) is 18.8 Å². The number of nitrogen functional groups attached to an aromatic ring is 1. The molecule has 0 aliphatic carbocycles. The third-order valence-corrected chi connectivity index (χ3v) is 5.73. The number of likely N-dealkylation sites (tertiary alicyclic amines) is 1. The Kier molecular flexibility index (Phi) is 4.33. The zero-order valence-electron chi connectivity index (χ0n) is 16.7. The van der Waals surface area contributed by atoms with Crippen LogP contribution in [0.3, 0.4) is 0 Å². The second kappa shape index (κ2) is 6.87. The number of benzene rings is 1. The first-order chi connectivity index (χ1) is 15.1. The first-order valence-electron chi connectivity index (χ1n) is 9.66. The number of carbonyl (C=O) groups excluding carboxylic acids is 1. The van der Waals surface area contributed by atoms with E-state index in [2.05, 4.69) is 15.1 Å². The topological polar surface area (TPSA) is 89.9 Å². The smallest absolute Gasteiger partial charge is 0.383 e. The van der Waals surface area contributed by atoms with Crippen molar-refractivity contribution in [1.29, 1.82) is 0 Å². The van der Waals surface area contributed by atoms with Gasteiger partial charge in [0.15, 0.2) is 0 Å². The summed E-state index contributed by atoms with van der Waals surface area (Å²) in [5, 5.41) is 5.30. The molecule has 0 bridgehead atoms. The molecule has 1 saturated heterocycles. The van der Waals surface area contributed by atoms with Crippen molar-refractivity contribution in [2.24, 2.45) is 7.05 Å². The number of rotatable bonds is 2. The fourth-order valence-electron chi connectivity index (χ4n) is 3.96. The second-order valence-corrected chi connectivity index (χ2v) is 7.75. The van der Waals surface area contributed by atoms with E-state index in [9.17, 15) is 22.4 Å². The van der Waals surface area contributed by atoms with Gasteiger partial charge in [0, 0.05) is 49.4 Å². The summed E-state index contributed by atoms with van der Waals surface area (Å²) in [4.78, 5) is 22.4. The number of fused-ring (bicyclic) bond motifs is 3. The Morgan fingerprint density at radius 1 is 1.16 bits per heavy atom. The lowest BCUT2D eigenvalue weighted by Gasteiger charge is -2.39. The number of hydrogen-bond acceptors (Lipinski definition) is 5. The number of carbonyl (C=O) groups is 1. The molecule has 0 spiro atoms. The molecule has 32 heavy (non-hydrogen) atoms. The van der Waals surface area contributed by atoms with E-state index >= 15 is 0 Å². The molecule has 0 radical (unpaired) electrons. The van der Waals surface area contributed by atoms with Crippen LogP contribution < -0.4 is 5.73 Å². The predicted octanol–water partition coefficient (Wildman–Crippen LogP) is 3.50. The van der Waals surface area contributed by atoms with Gasteiger partial charge in [-0.3, -0.25) is 14.5 Å². The zero-order chi connectivity index (χ0) is 22.8. The lowest BCUT2D eigenvalue weighted by Crippen LogP contribution is -2.49. The van der Waals surface area contributed by atoms with E-state index in [0.29, 0.717) is 27.5 Å². The van der Waals surface area contributed by atoms with Gasteiger partial charge in [0.2, 0.25) is 0 Å². The number of amides is 1. The van der Waals surface area contributed by atoms with Crippen LogP contribution in [0.15, 0.2) is 36.7 Å². The lowest BCUT2D eigenvalue weighted by molar-refractivity contribution is -0.137. The van der Waals surface area contributed by atoms with Gasteiger partial charge >= 0.3 is 6.18 Å². The number of aryl methyl sites for hydroxylation is 1. The van der Waals surface area contributed by atoms with Crippen LogP contribution in [0, 0.1) is 5.82 Å². The van der Waals surface area contributed by atoms with E-state index in [4.69, 9.17) is 5.73 Å². The van der Waals surface area contributed by atoms with Crippen LogP contribution in [0.5, 0.6) is 0 Å². The molecule has 1 fully saturated rings. The SMILES string of the molecule is Cn1ncc2c(N)nc3cc(F)c(C(=O)N4CC(c5ccc(C(F)(F)F)cn5)C4)cc3c21. The minimum atomic E-state index is -4.46. The monoisotopic (exact) mass is 444 g/mol. The number of aromatic nitrogens is 4. The van der Waals surface area contributed by atoms with Crippen LogP contribution in [0.2, 0.25) is 0 Å². The number of nitrogens with zero attached hydrogens (tertiary/aromatic N) is 5. The molecule has 164 valence electrons. The Labute approximate surface area is 178 Å². The molecule has 5 rings (SSSR count). The van der Waals surface area contributed by atoms with E-state index in [1.807, 2.05) is 0 Å². The third kappa shape index (κ3) is 3.12. The van der Waals surface area contributed by atoms with Gasteiger partial charge in [-0.15, -0.1) is 0 Å². The number of nitrogens with two attached hydrogens (primary N) is 1. The highest BCUT2D eigenvalue weighted by Gasteiger charge is 2.36. The molecule has 2 N–H and O–H groups in total. The van der Waals surface area contributed by atoms with Crippen molar-refractivity contribution in [1.82, 2.24) is 24.6 Å². The Bertz CT molecular complexity index is 1370. The van der Waals surface area contributed by atoms with E-state index < -0.39 is 23.5 Å². The molecule has 3 aromatic heterocycles. The molecule has 0 unspecified atom stereocenters. The van der Waals surface area contributed by atoms with Gasteiger partial charge in [0.1, 0.15) is 11.6 Å². The van der Waals surface area contributed by atoms with Crippen LogP contribution in [-0.2, 0) is 13.2 Å². The Hall–Kier alpha value is -3.76. The number of anilines is 1. The van der Waals surface area contributed by atoms with Gasteiger partial charge in [-0.05, 0) is 18.2 Å². The Morgan fingerprint density at radius 2 is 1.91 bits per heavy atom. The summed E-state index contributed by atoms with van der Waals surface area (Å²) in [5.74, 6) is -1.24. The molecule has 1 aliphatic rings. The van der Waals surface area contributed by atoms with E-state index in [1.54, 1.807) is 17.9 Å². The van der Waals surface area contributed by atoms with Crippen LogP contribution in [-0.4, -0.2) is 43.6 Å². The largest absolute Gasteiger partial charge is 0.417 e. The first-order valence-corrected chi connectivity index (χ1v) is 9.66. The molecule has 7 nitrogen and oxygen atoms in total. The molecule has 4 aromatic rings. The maximum atomic E-state index is 14.8. The Morgan fingerprint density at radius 3 is 2.56 bits per heavy atom. The van der Waals surface area contributed by atoms with Gasteiger partial charge < -0.3 is 10.6 Å². The highest BCUT2D eigenvalue weighted by Crippen LogP contribution is 2.33. The first kappa shape index (κ1) is 20.2. The van der Waals surface area contributed by atoms with Crippen LogP contribution in [0.1, 0.15) is 27.5 Å². The zero-order valence-corrected chi connectivity index (χ0v) is 16.7. The molecule has 1 amide bonds. The van der Waals surface area contributed by atoms with Crippen LogP contribution in [0.25, 0.3) is 21.8 Å². The Balaban J connectivity index is 1.41. The highest BCUT2D eigenvalue weighted by atomic mass is 19.4. The maximum Gasteiger partial charge on any atom is 0.417 e. The minimum Gasteiger partial charge on any atom is -0.383 e. The predicted molar refractivity (Wildman–Crippen MR) is 108 cm³/mol. The number of pyridine rings is 2. The third-order valence-electron chi connectivity index (χ3n) is 5.73. The average molecular weight is 444 g/mol. The molecule has 1 aromatic carbocycles. The molecular formula is C21H16F4N6O. The summed E-state index contributed by atoms with van der Waals surface area (Å²) in [6.07, 6.45) is -2.13. The van der Waals surface area contributed by atoms with Crippen molar-refractivity contribution in [3.05, 3.63) is 59.3 Å². The number of hydrogen-bond donors (Lipinski definition) is 1. The van der Waals surface area contributed by atoms with Gasteiger partial charge in [-0.2, -0.15) is 18.3 Å². The molecule has 0 atom stereocenters. The lowest BCUT2D eigenvalue weighted by atomic mass is 9.94. The van der Waals surface area contributed by atoms with Crippen LogP contribution >= 0.6 is 0 Å². The molecule has 0 saturated carbocycles. The highest BCUT2D eigenvalue weighted by molar-refractivity contribution is 6.10. The van der Waals surface area contributed by atoms with Gasteiger partial charge in [-0.25, -0.2) is 9.37 Å². The molecule has 1 aliphatic heterocycles. The fourth-order valence-corrected chi connectivity index (χ4v) is 3.96. The maximum absolute atomic E-state index is 14.8. The molecular weight excluding hydrogens is 428 g/mol. The van der Waals surface area contributed by atoms with Crippen LogP contribution in [0.4, 0.5) is 23.4 Å². The van der Waals surface area contributed by atoms with E-state index in [-0.39, 0.29) is 30.4 Å². The summed E-state index contributed by atoms with van der Waals surface area (Å²) in [7, 11) is 1.71. The van der Waals surface area contributed by atoms with Crippen molar-refractivity contribution < 1.29 is 22.4 Å². The number of alkyl halides is 3. The summed E-state index contributed by atoms with van der Waals surface area (Å²) in [6, 6.07) is 4.88. The number of halogens is 4. The quantitative estimate of drug-likeness (QED) is 0.478. The van der Waals surface area contributed by atoms with Gasteiger partial charge in [0.05, 0.1) is 33.7 Å². The van der Waals surface area contributed by atoms with Gasteiger partial charge in [-0.1, -0.05) is 0 Å². The fraction of sp³-hybridized carbons (Fsp3) is 0.238. The standard InChI is InChI=1S/C21H16F4N6O/c1-30-18-13-4-12(15(22)5-17(13)29-19(26)14(18)7-28-30)20(32)31-8-10(9-31)16-3-2-11(6-27-16)21(23,24)25/h2-7,10H,8-9H2,1H3,(H2,26,29). The van der Waals surface area contributed by atoms with Crippen molar-refractivity contribution in [3.8, 4) is 0 Å². The van der Waals surface area contributed by atoms with E-state index in [1.165, 1.54) is 23.1 Å². The normalized spacial score (nSPS) is 14.8.